The van der Waals surface area contributed by atoms with Gasteiger partial charge in [-0.15, -0.1) is 0 Å². The second kappa shape index (κ2) is 3.39. The summed E-state index contributed by atoms with van der Waals surface area (Å²) < 4.78 is 21.6. The van der Waals surface area contributed by atoms with Crippen molar-refractivity contribution in [1.82, 2.24) is 0 Å². The van der Waals surface area contributed by atoms with Crippen LogP contribution in [0.1, 0.15) is 32.1 Å². The standard InChI is InChI=1S/C8H14O2S/c1-11(9,10)7-8-5-3-2-4-6-8/h7H,2-6H2,1H3. The Morgan fingerprint density at radius 1 is 1.18 bits per heavy atom. The van der Waals surface area contributed by atoms with Gasteiger partial charge in [0, 0.05) is 11.7 Å². The SMILES string of the molecule is CS(=O)(=O)C=C1CCCCC1. The minimum atomic E-state index is -2.89. The lowest BCUT2D eigenvalue weighted by Crippen LogP contribution is -1.98. The lowest BCUT2D eigenvalue weighted by Gasteiger charge is -2.12. The van der Waals surface area contributed by atoms with Crippen molar-refractivity contribution in [2.24, 2.45) is 0 Å². The normalized spacial score (nSPS) is 19.9. The summed E-state index contributed by atoms with van der Waals surface area (Å²) in [4.78, 5) is 0. The van der Waals surface area contributed by atoms with Crippen molar-refractivity contribution in [3.8, 4) is 0 Å². The lowest BCUT2D eigenvalue weighted by atomic mass is 9.96. The molecule has 0 aromatic heterocycles. The molecule has 64 valence electrons. The Morgan fingerprint density at radius 3 is 2.18 bits per heavy atom. The Morgan fingerprint density at radius 2 is 1.73 bits per heavy atom. The van der Waals surface area contributed by atoms with E-state index >= 15 is 0 Å². The summed E-state index contributed by atoms with van der Waals surface area (Å²) in [5.74, 6) is 0. The van der Waals surface area contributed by atoms with Crippen LogP contribution in [0.15, 0.2) is 11.0 Å². The second-order valence-corrected chi connectivity index (χ2v) is 5.06. The molecule has 3 heteroatoms. The van der Waals surface area contributed by atoms with Crippen LogP contribution in [0, 0.1) is 0 Å². The van der Waals surface area contributed by atoms with Crippen molar-refractivity contribution in [1.29, 1.82) is 0 Å². The number of sulfone groups is 1. The zero-order chi connectivity index (χ0) is 8.32. The Balaban J connectivity index is 2.65. The summed E-state index contributed by atoms with van der Waals surface area (Å²) in [5, 5.41) is 1.44. The van der Waals surface area contributed by atoms with Crippen molar-refractivity contribution < 1.29 is 8.42 Å². The predicted octanol–water partition coefficient (Wildman–Crippen LogP) is 1.88. The molecule has 0 saturated heterocycles. The van der Waals surface area contributed by atoms with Crippen molar-refractivity contribution in [2.45, 2.75) is 32.1 Å². The van der Waals surface area contributed by atoms with Gasteiger partial charge in [-0.25, -0.2) is 8.42 Å². The first kappa shape index (κ1) is 8.78. The number of hydrogen-bond donors (Lipinski definition) is 0. The minimum absolute atomic E-state index is 0.979. The third-order valence-corrected chi connectivity index (χ3v) is 2.64. The smallest absolute Gasteiger partial charge is 0.168 e. The summed E-state index contributed by atoms with van der Waals surface area (Å²) in [5.41, 5.74) is 1.11. The molecular formula is C8H14O2S. The Bertz CT molecular complexity index is 241. The number of hydrogen-bond acceptors (Lipinski definition) is 2. The first-order chi connectivity index (χ1) is 5.08. The van der Waals surface area contributed by atoms with E-state index in [1.165, 1.54) is 18.1 Å². The van der Waals surface area contributed by atoms with Crippen LogP contribution in [-0.2, 0) is 9.84 Å². The monoisotopic (exact) mass is 174 g/mol. The highest BCUT2D eigenvalue weighted by molar-refractivity contribution is 7.93. The molecule has 0 aromatic carbocycles. The quantitative estimate of drug-likeness (QED) is 0.608. The van der Waals surface area contributed by atoms with Crippen molar-refractivity contribution in [2.75, 3.05) is 6.26 Å². The first-order valence-electron chi connectivity index (χ1n) is 3.97. The van der Waals surface area contributed by atoms with Crippen LogP contribution >= 0.6 is 0 Å². The van der Waals surface area contributed by atoms with Gasteiger partial charge in [-0.05, 0) is 25.7 Å². The summed E-state index contributed by atoms with van der Waals surface area (Å²) >= 11 is 0. The lowest BCUT2D eigenvalue weighted by molar-refractivity contribution is 0.593. The van der Waals surface area contributed by atoms with E-state index < -0.39 is 9.84 Å². The zero-order valence-electron chi connectivity index (χ0n) is 6.84. The zero-order valence-corrected chi connectivity index (χ0v) is 7.65. The molecule has 11 heavy (non-hydrogen) atoms. The number of rotatable bonds is 1. The van der Waals surface area contributed by atoms with E-state index in [4.69, 9.17) is 0 Å². The van der Waals surface area contributed by atoms with E-state index in [9.17, 15) is 8.42 Å². The third-order valence-electron chi connectivity index (χ3n) is 1.88. The number of allylic oxidation sites excluding steroid dienone is 1. The van der Waals surface area contributed by atoms with E-state index in [2.05, 4.69) is 0 Å². The van der Waals surface area contributed by atoms with Crippen molar-refractivity contribution in [3.05, 3.63) is 11.0 Å². The molecule has 1 rings (SSSR count). The minimum Gasteiger partial charge on any atom is -0.225 e. The van der Waals surface area contributed by atoms with Crippen LogP contribution < -0.4 is 0 Å². The first-order valence-corrected chi connectivity index (χ1v) is 5.93. The molecular weight excluding hydrogens is 160 g/mol. The fourth-order valence-corrected chi connectivity index (χ4v) is 2.27. The van der Waals surface area contributed by atoms with Gasteiger partial charge in [0.05, 0.1) is 0 Å². The van der Waals surface area contributed by atoms with E-state index in [1.54, 1.807) is 0 Å². The maximum Gasteiger partial charge on any atom is 0.168 e. The third kappa shape index (κ3) is 3.56. The van der Waals surface area contributed by atoms with Crippen LogP contribution in [0.5, 0.6) is 0 Å². The van der Waals surface area contributed by atoms with Crippen LogP contribution in [0.4, 0.5) is 0 Å². The van der Waals surface area contributed by atoms with Crippen LogP contribution in [0.2, 0.25) is 0 Å². The summed E-state index contributed by atoms with van der Waals surface area (Å²) in [6, 6.07) is 0. The van der Waals surface area contributed by atoms with E-state index in [0.29, 0.717) is 0 Å². The molecule has 1 aliphatic rings. The average Bonchev–Trinajstić information content (AvgIpc) is 1.85. The highest BCUT2D eigenvalue weighted by Gasteiger charge is 2.07. The molecule has 0 heterocycles. The van der Waals surface area contributed by atoms with Crippen molar-refractivity contribution >= 4 is 9.84 Å². The van der Waals surface area contributed by atoms with Gasteiger partial charge >= 0.3 is 0 Å². The topological polar surface area (TPSA) is 34.1 Å². The highest BCUT2D eigenvalue weighted by Crippen LogP contribution is 2.23. The Labute approximate surface area is 68.2 Å². The van der Waals surface area contributed by atoms with Gasteiger partial charge in [-0.2, -0.15) is 0 Å². The molecule has 0 aromatic rings. The average molecular weight is 174 g/mol. The second-order valence-electron chi connectivity index (χ2n) is 3.17. The molecule has 0 atom stereocenters. The van der Waals surface area contributed by atoms with Gasteiger partial charge in [-0.3, -0.25) is 0 Å². The maximum atomic E-state index is 10.8. The molecule has 2 nitrogen and oxygen atoms in total. The fourth-order valence-electron chi connectivity index (χ4n) is 1.43. The predicted molar refractivity (Wildman–Crippen MR) is 46.0 cm³/mol. The summed E-state index contributed by atoms with van der Waals surface area (Å²) in [6.45, 7) is 0. The Kier molecular flexibility index (Phi) is 2.71. The molecule has 0 aliphatic heterocycles. The molecule has 1 fully saturated rings. The molecule has 0 spiro atoms. The molecule has 1 aliphatic carbocycles. The van der Waals surface area contributed by atoms with Gasteiger partial charge in [0.1, 0.15) is 0 Å². The van der Waals surface area contributed by atoms with Gasteiger partial charge < -0.3 is 0 Å². The van der Waals surface area contributed by atoms with Crippen LogP contribution in [0.3, 0.4) is 0 Å². The van der Waals surface area contributed by atoms with Crippen molar-refractivity contribution in [3.63, 3.8) is 0 Å². The molecule has 0 radical (unpaired) electrons. The highest BCUT2D eigenvalue weighted by atomic mass is 32.2. The molecule has 0 bridgehead atoms. The Hall–Kier alpha value is -0.310. The van der Waals surface area contributed by atoms with E-state index in [0.717, 1.165) is 31.3 Å². The summed E-state index contributed by atoms with van der Waals surface area (Å²) in [7, 11) is -2.89. The molecule has 0 N–H and O–H groups in total. The van der Waals surface area contributed by atoms with E-state index in [-0.39, 0.29) is 0 Å². The van der Waals surface area contributed by atoms with Crippen LogP contribution in [0.25, 0.3) is 0 Å². The van der Waals surface area contributed by atoms with Gasteiger partial charge in [-0.1, -0.05) is 12.0 Å². The molecule has 0 amide bonds. The van der Waals surface area contributed by atoms with E-state index in [1.807, 2.05) is 0 Å². The van der Waals surface area contributed by atoms with Gasteiger partial charge in [0.2, 0.25) is 0 Å². The fraction of sp³-hybridized carbons (Fsp3) is 0.750. The van der Waals surface area contributed by atoms with Gasteiger partial charge in [0.15, 0.2) is 9.84 Å². The molecule has 0 unspecified atom stereocenters. The van der Waals surface area contributed by atoms with Gasteiger partial charge in [0.25, 0.3) is 0 Å². The largest absolute Gasteiger partial charge is 0.225 e. The summed E-state index contributed by atoms with van der Waals surface area (Å²) in [6.07, 6.45) is 6.78. The maximum absolute atomic E-state index is 10.8. The van der Waals surface area contributed by atoms with Crippen LogP contribution in [-0.4, -0.2) is 14.7 Å². The molecule has 1 saturated carbocycles.